The molecular weight excluding hydrogens is 328 g/mol. The third-order valence-electron chi connectivity index (χ3n) is 2.54. The molecule has 0 atom stereocenters. The van der Waals surface area contributed by atoms with E-state index in [2.05, 4.69) is 27.3 Å². The van der Waals surface area contributed by atoms with Crippen LogP contribution in [-0.2, 0) is 0 Å². The molecule has 2 aromatic carbocycles. The van der Waals surface area contributed by atoms with Crippen LogP contribution in [0.15, 0.2) is 40.9 Å². The van der Waals surface area contributed by atoms with Gasteiger partial charge in [-0.25, -0.2) is 0 Å². The molecular formula is C14H10BrClN2O. The van der Waals surface area contributed by atoms with Crippen LogP contribution < -0.4 is 10.1 Å². The quantitative estimate of drug-likeness (QED) is 0.881. The van der Waals surface area contributed by atoms with Gasteiger partial charge in [-0.05, 0) is 30.3 Å². The van der Waals surface area contributed by atoms with Gasteiger partial charge in [-0.2, -0.15) is 5.26 Å². The maximum atomic E-state index is 9.09. The zero-order valence-electron chi connectivity index (χ0n) is 10.1. The number of hydrogen-bond donors (Lipinski definition) is 1. The van der Waals surface area contributed by atoms with E-state index in [0.717, 1.165) is 4.47 Å². The summed E-state index contributed by atoms with van der Waals surface area (Å²) in [6.45, 7) is 0. The highest BCUT2D eigenvalue weighted by Gasteiger charge is 2.07. The van der Waals surface area contributed by atoms with Crippen LogP contribution in [0.4, 0.5) is 11.4 Å². The molecule has 5 heteroatoms. The number of ether oxygens (including phenoxy) is 1. The average molecular weight is 338 g/mol. The molecule has 0 fully saturated rings. The highest BCUT2D eigenvalue weighted by molar-refractivity contribution is 9.10. The molecule has 0 unspecified atom stereocenters. The Morgan fingerprint density at radius 2 is 2.00 bits per heavy atom. The predicted octanol–water partition coefficient (Wildman–Crippen LogP) is 4.73. The summed E-state index contributed by atoms with van der Waals surface area (Å²) in [4.78, 5) is 0. The summed E-state index contributed by atoms with van der Waals surface area (Å²) in [5.74, 6) is 0.695. The summed E-state index contributed by atoms with van der Waals surface area (Å²) in [5, 5.41) is 12.8. The van der Waals surface area contributed by atoms with E-state index in [1.165, 1.54) is 0 Å². The van der Waals surface area contributed by atoms with Crippen LogP contribution in [0.1, 0.15) is 5.56 Å². The first-order valence-electron chi connectivity index (χ1n) is 5.44. The number of rotatable bonds is 3. The maximum Gasteiger partial charge on any atom is 0.121 e. The Morgan fingerprint density at radius 3 is 2.68 bits per heavy atom. The molecule has 0 aliphatic rings. The van der Waals surface area contributed by atoms with Crippen molar-refractivity contribution in [2.24, 2.45) is 0 Å². The molecule has 3 nitrogen and oxygen atoms in total. The van der Waals surface area contributed by atoms with Gasteiger partial charge in [0.25, 0.3) is 0 Å². The molecule has 0 aliphatic heterocycles. The Labute approximate surface area is 124 Å². The van der Waals surface area contributed by atoms with Gasteiger partial charge in [0.15, 0.2) is 0 Å². The Morgan fingerprint density at radius 1 is 1.21 bits per heavy atom. The van der Waals surface area contributed by atoms with E-state index in [4.69, 9.17) is 21.6 Å². The van der Waals surface area contributed by atoms with Gasteiger partial charge in [0.1, 0.15) is 11.8 Å². The van der Waals surface area contributed by atoms with E-state index in [-0.39, 0.29) is 0 Å². The van der Waals surface area contributed by atoms with Crippen molar-refractivity contribution in [1.29, 1.82) is 5.26 Å². The summed E-state index contributed by atoms with van der Waals surface area (Å²) in [5.41, 5.74) is 1.92. The lowest BCUT2D eigenvalue weighted by Gasteiger charge is -2.11. The fourth-order valence-electron chi connectivity index (χ4n) is 1.59. The van der Waals surface area contributed by atoms with Gasteiger partial charge in [0.05, 0.1) is 29.1 Å². The number of nitrogens with zero attached hydrogens (tertiary/aromatic N) is 1. The highest BCUT2D eigenvalue weighted by atomic mass is 79.9. The van der Waals surface area contributed by atoms with Crippen LogP contribution in [0.25, 0.3) is 0 Å². The first-order valence-corrected chi connectivity index (χ1v) is 6.61. The first-order chi connectivity index (χ1) is 9.13. The molecule has 0 aromatic heterocycles. The molecule has 0 saturated heterocycles. The molecule has 0 saturated carbocycles. The topological polar surface area (TPSA) is 45.0 Å². The average Bonchev–Trinajstić information content (AvgIpc) is 2.41. The molecule has 96 valence electrons. The van der Waals surface area contributed by atoms with Crippen molar-refractivity contribution in [2.45, 2.75) is 0 Å². The van der Waals surface area contributed by atoms with Crippen LogP contribution in [0.3, 0.4) is 0 Å². The number of methoxy groups -OCH3 is 1. The van der Waals surface area contributed by atoms with Gasteiger partial charge in [-0.1, -0.05) is 27.5 Å². The number of nitriles is 1. The van der Waals surface area contributed by atoms with Crippen molar-refractivity contribution in [2.75, 3.05) is 12.4 Å². The van der Waals surface area contributed by atoms with Gasteiger partial charge < -0.3 is 10.1 Å². The molecule has 0 amide bonds. The summed E-state index contributed by atoms with van der Waals surface area (Å²) in [6, 6.07) is 12.8. The first kappa shape index (κ1) is 13.7. The maximum absolute atomic E-state index is 9.09. The Balaban J connectivity index is 2.41. The van der Waals surface area contributed by atoms with E-state index >= 15 is 0 Å². The van der Waals surface area contributed by atoms with Crippen molar-refractivity contribution >= 4 is 38.9 Å². The van der Waals surface area contributed by atoms with E-state index in [9.17, 15) is 0 Å². The fourth-order valence-corrected chi connectivity index (χ4v) is 2.12. The molecule has 0 heterocycles. The Kier molecular flexibility index (Phi) is 4.31. The minimum Gasteiger partial charge on any atom is -0.497 e. The van der Waals surface area contributed by atoms with Crippen molar-refractivity contribution in [3.8, 4) is 11.8 Å². The van der Waals surface area contributed by atoms with Crippen LogP contribution in [0.5, 0.6) is 5.75 Å². The summed E-state index contributed by atoms with van der Waals surface area (Å²) < 4.78 is 6.04. The largest absolute Gasteiger partial charge is 0.497 e. The van der Waals surface area contributed by atoms with Gasteiger partial charge in [0, 0.05) is 10.5 Å². The predicted molar refractivity (Wildman–Crippen MR) is 80.1 cm³/mol. The van der Waals surface area contributed by atoms with Gasteiger partial charge in [-0.15, -0.1) is 0 Å². The standard InChI is InChI=1S/C14H10BrClN2O/c1-19-11-4-5-12(16)14(7-11)18-13-6-10(15)3-2-9(13)8-17/h2-7,18H,1H3. The molecule has 0 aliphatic carbocycles. The third kappa shape index (κ3) is 3.19. The highest BCUT2D eigenvalue weighted by Crippen LogP contribution is 2.31. The van der Waals surface area contributed by atoms with E-state index in [1.54, 1.807) is 31.4 Å². The summed E-state index contributed by atoms with van der Waals surface area (Å²) >= 11 is 9.50. The molecule has 0 bridgehead atoms. The SMILES string of the molecule is COc1ccc(Cl)c(Nc2cc(Br)ccc2C#N)c1. The smallest absolute Gasteiger partial charge is 0.121 e. The third-order valence-corrected chi connectivity index (χ3v) is 3.37. The van der Waals surface area contributed by atoms with Gasteiger partial charge >= 0.3 is 0 Å². The molecule has 0 radical (unpaired) electrons. The van der Waals surface area contributed by atoms with E-state index in [1.807, 2.05) is 12.1 Å². The Bertz CT molecular complexity index is 652. The second-order valence-corrected chi connectivity index (χ2v) is 5.10. The molecule has 1 N–H and O–H groups in total. The molecule has 19 heavy (non-hydrogen) atoms. The van der Waals surface area contributed by atoms with Crippen LogP contribution in [-0.4, -0.2) is 7.11 Å². The number of anilines is 2. The minimum absolute atomic E-state index is 0.544. The number of halogens is 2. The lowest BCUT2D eigenvalue weighted by Crippen LogP contribution is -1.95. The molecule has 2 aromatic rings. The number of hydrogen-bond acceptors (Lipinski definition) is 3. The summed E-state index contributed by atoms with van der Waals surface area (Å²) in [7, 11) is 1.59. The fraction of sp³-hybridized carbons (Fsp3) is 0.0714. The monoisotopic (exact) mass is 336 g/mol. The lowest BCUT2D eigenvalue weighted by atomic mass is 10.2. The zero-order chi connectivity index (χ0) is 13.8. The van der Waals surface area contributed by atoms with Crippen LogP contribution in [0.2, 0.25) is 5.02 Å². The van der Waals surface area contributed by atoms with E-state index < -0.39 is 0 Å². The van der Waals surface area contributed by atoms with Crippen LogP contribution in [0, 0.1) is 11.3 Å². The second kappa shape index (κ2) is 5.96. The van der Waals surface area contributed by atoms with Crippen molar-refractivity contribution in [3.63, 3.8) is 0 Å². The molecule has 2 rings (SSSR count). The van der Waals surface area contributed by atoms with Crippen molar-refractivity contribution < 1.29 is 4.74 Å². The number of benzene rings is 2. The van der Waals surface area contributed by atoms with Crippen molar-refractivity contribution in [3.05, 3.63) is 51.5 Å². The minimum atomic E-state index is 0.544. The zero-order valence-corrected chi connectivity index (χ0v) is 12.4. The molecule has 0 spiro atoms. The summed E-state index contributed by atoms with van der Waals surface area (Å²) in [6.07, 6.45) is 0. The van der Waals surface area contributed by atoms with Gasteiger partial charge in [-0.3, -0.25) is 0 Å². The number of nitrogens with one attached hydrogen (secondary N) is 1. The Hall–Kier alpha value is -1.70. The van der Waals surface area contributed by atoms with Crippen LogP contribution >= 0.6 is 27.5 Å². The van der Waals surface area contributed by atoms with E-state index in [0.29, 0.717) is 27.7 Å². The normalized spacial score (nSPS) is 9.79. The van der Waals surface area contributed by atoms with Gasteiger partial charge in [0.2, 0.25) is 0 Å². The second-order valence-electron chi connectivity index (χ2n) is 3.77. The lowest BCUT2D eigenvalue weighted by molar-refractivity contribution is 0.415. The van der Waals surface area contributed by atoms with Crippen molar-refractivity contribution in [1.82, 2.24) is 0 Å².